The van der Waals surface area contributed by atoms with E-state index < -0.39 is 17.1 Å². The van der Waals surface area contributed by atoms with E-state index in [1.807, 2.05) is 0 Å². The highest BCUT2D eigenvalue weighted by atomic mass is 16.6. The van der Waals surface area contributed by atoms with Crippen LogP contribution in [0.15, 0.2) is 11.3 Å². The van der Waals surface area contributed by atoms with Crippen LogP contribution in [0.1, 0.15) is 27.2 Å². The number of ether oxygens (including phenoxy) is 2. The summed E-state index contributed by atoms with van der Waals surface area (Å²) in [5.41, 5.74) is 4.42. The van der Waals surface area contributed by atoms with Crippen molar-refractivity contribution in [3.63, 3.8) is 0 Å². The summed E-state index contributed by atoms with van der Waals surface area (Å²) in [4.78, 5) is 23.7. The van der Waals surface area contributed by atoms with E-state index in [1.54, 1.807) is 20.8 Å². The number of carbonyl (C=O) groups excluding carboxylic acids is 2. The molecule has 2 N–H and O–H groups in total. The SMILES string of the molecule is COC1=C(C)C(=O)C[C@@H]2[C@](C)(N)C(=O)O[C@]12C. The van der Waals surface area contributed by atoms with Crippen LogP contribution in [-0.4, -0.2) is 30.0 Å². The summed E-state index contributed by atoms with van der Waals surface area (Å²) in [6, 6.07) is 0. The molecule has 5 nitrogen and oxygen atoms in total. The van der Waals surface area contributed by atoms with Gasteiger partial charge in [0.1, 0.15) is 11.3 Å². The van der Waals surface area contributed by atoms with Crippen LogP contribution in [0.5, 0.6) is 0 Å². The summed E-state index contributed by atoms with van der Waals surface area (Å²) < 4.78 is 10.6. The lowest BCUT2D eigenvalue weighted by molar-refractivity contribution is -0.151. The number of fused-ring (bicyclic) bond motifs is 1. The molecule has 1 aliphatic carbocycles. The Morgan fingerprint density at radius 2 is 2.00 bits per heavy atom. The Labute approximate surface area is 99.9 Å². The molecular formula is C12H17NO4. The van der Waals surface area contributed by atoms with Crippen molar-refractivity contribution in [3.05, 3.63) is 11.3 Å². The molecule has 5 heteroatoms. The van der Waals surface area contributed by atoms with Crippen molar-refractivity contribution in [1.82, 2.24) is 0 Å². The first kappa shape index (κ1) is 12.1. The molecule has 1 aliphatic heterocycles. The van der Waals surface area contributed by atoms with Gasteiger partial charge in [0.05, 0.1) is 7.11 Å². The molecule has 1 saturated heterocycles. The molecule has 0 aromatic carbocycles. The molecule has 0 spiro atoms. The monoisotopic (exact) mass is 239 g/mol. The van der Waals surface area contributed by atoms with E-state index in [1.165, 1.54) is 7.11 Å². The van der Waals surface area contributed by atoms with E-state index in [0.29, 0.717) is 11.3 Å². The van der Waals surface area contributed by atoms with Gasteiger partial charge in [0.2, 0.25) is 0 Å². The fourth-order valence-electron chi connectivity index (χ4n) is 2.89. The third-order valence-corrected chi connectivity index (χ3v) is 3.94. The number of hydrogen-bond acceptors (Lipinski definition) is 5. The quantitative estimate of drug-likeness (QED) is 0.675. The van der Waals surface area contributed by atoms with Crippen molar-refractivity contribution in [2.24, 2.45) is 11.7 Å². The molecule has 0 saturated carbocycles. The molecule has 0 aromatic rings. The second kappa shape index (κ2) is 3.32. The van der Waals surface area contributed by atoms with Gasteiger partial charge in [0.25, 0.3) is 0 Å². The molecule has 2 rings (SSSR count). The van der Waals surface area contributed by atoms with Gasteiger partial charge < -0.3 is 15.2 Å². The normalized spacial score (nSPS) is 41.4. The van der Waals surface area contributed by atoms with Crippen molar-refractivity contribution in [2.45, 2.75) is 38.3 Å². The number of hydrogen-bond donors (Lipinski definition) is 1. The molecule has 2 aliphatic rings. The minimum Gasteiger partial charge on any atom is -0.496 e. The van der Waals surface area contributed by atoms with Crippen LogP contribution in [0.4, 0.5) is 0 Å². The van der Waals surface area contributed by atoms with Gasteiger partial charge in [-0.3, -0.25) is 9.59 Å². The largest absolute Gasteiger partial charge is 0.496 e. The van der Waals surface area contributed by atoms with Gasteiger partial charge in [-0.05, 0) is 20.8 Å². The van der Waals surface area contributed by atoms with E-state index >= 15 is 0 Å². The first-order valence-corrected chi connectivity index (χ1v) is 5.56. The molecule has 94 valence electrons. The predicted molar refractivity (Wildman–Crippen MR) is 59.9 cm³/mol. The van der Waals surface area contributed by atoms with E-state index in [4.69, 9.17) is 15.2 Å². The predicted octanol–water partition coefficient (Wildman–Crippen LogP) is 0.529. The number of carbonyl (C=O) groups is 2. The Balaban J connectivity index is 2.60. The third-order valence-electron chi connectivity index (χ3n) is 3.94. The molecular weight excluding hydrogens is 222 g/mol. The number of ketones is 1. The first-order chi connectivity index (χ1) is 7.75. The lowest BCUT2D eigenvalue weighted by Gasteiger charge is -2.37. The van der Waals surface area contributed by atoms with Crippen molar-refractivity contribution in [3.8, 4) is 0 Å². The molecule has 0 aromatic heterocycles. The van der Waals surface area contributed by atoms with Crippen LogP contribution in [0.25, 0.3) is 0 Å². The Morgan fingerprint density at radius 3 is 2.53 bits per heavy atom. The molecule has 0 bridgehead atoms. The van der Waals surface area contributed by atoms with E-state index in [-0.39, 0.29) is 18.1 Å². The summed E-state index contributed by atoms with van der Waals surface area (Å²) in [6.07, 6.45) is 0.216. The average Bonchev–Trinajstić information content (AvgIpc) is 2.39. The minimum absolute atomic E-state index is 0.0423. The Kier molecular flexibility index (Phi) is 2.36. The van der Waals surface area contributed by atoms with Gasteiger partial charge in [-0.2, -0.15) is 0 Å². The average molecular weight is 239 g/mol. The summed E-state index contributed by atoms with van der Waals surface area (Å²) in [5, 5.41) is 0. The Morgan fingerprint density at radius 1 is 1.41 bits per heavy atom. The fourth-order valence-corrected chi connectivity index (χ4v) is 2.89. The number of esters is 1. The highest BCUT2D eigenvalue weighted by molar-refractivity contribution is 5.99. The van der Waals surface area contributed by atoms with Gasteiger partial charge in [-0.15, -0.1) is 0 Å². The molecule has 1 heterocycles. The molecule has 0 radical (unpaired) electrons. The third kappa shape index (κ3) is 1.35. The summed E-state index contributed by atoms with van der Waals surface area (Å²) >= 11 is 0. The van der Waals surface area contributed by atoms with E-state index in [0.717, 1.165) is 0 Å². The standard InChI is InChI=1S/C12H17NO4/c1-6-7(14)5-8-11(2,13)10(15)17-12(8,3)9(6)16-4/h8H,5,13H2,1-4H3/t8-,11+,12+/m1/s1. The van der Waals surface area contributed by atoms with E-state index in [9.17, 15) is 9.59 Å². The molecule has 0 unspecified atom stereocenters. The lowest BCUT2D eigenvalue weighted by atomic mass is 9.69. The zero-order valence-corrected chi connectivity index (χ0v) is 10.5. The minimum atomic E-state index is -1.14. The van der Waals surface area contributed by atoms with Crippen molar-refractivity contribution in [1.29, 1.82) is 0 Å². The fraction of sp³-hybridized carbons (Fsp3) is 0.667. The summed E-state index contributed by atoms with van der Waals surface area (Å²) in [7, 11) is 1.47. The number of nitrogens with two attached hydrogens (primary N) is 1. The van der Waals surface area contributed by atoms with Crippen molar-refractivity contribution < 1.29 is 19.1 Å². The van der Waals surface area contributed by atoms with Crippen molar-refractivity contribution >= 4 is 11.8 Å². The van der Waals surface area contributed by atoms with Gasteiger partial charge in [-0.1, -0.05) is 0 Å². The molecule has 1 fully saturated rings. The zero-order valence-electron chi connectivity index (χ0n) is 10.5. The topological polar surface area (TPSA) is 78.6 Å². The van der Waals surface area contributed by atoms with Crippen LogP contribution in [0.3, 0.4) is 0 Å². The molecule has 0 amide bonds. The maximum Gasteiger partial charge on any atom is 0.327 e. The number of Topliss-reactive ketones (excluding diaryl/α,β-unsaturated/α-hetero) is 1. The lowest BCUT2D eigenvalue weighted by Crippen LogP contribution is -2.53. The summed E-state index contributed by atoms with van der Waals surface area (Å²) in [6.45, 7) is 5.04. The van der Waals surface area contributed by atoms with Crippen LogP contribution in [-0.2, 0) is 19.1 Å². The highest BCUT2D eigenvalue weighted by Crippen LogP contribution is 2.49. The van der Waals surface area contributed by atoms with Gasteiger partial charge in [-0.25, -0.2) is 0 Å². The second-order valence-electron chi connectivity index (χ2n) is 5.12. The first-order valence-electron chi connectivity index (χ1n) is 5.56. The Bertz CT molecular complexity index is 438. The van der Waals surface area contributed by atoms with Gasteiger partial charge in [0.15, 0.2) is 11.4 Å². The van der Waals surface area contributed by atoms with Crippen LogP contribution in [0.2, 0.25) is 0 Å². The van der Waals surface area contributed by atoms with Gasteiger partial charge >= 0.3 is 5.97 Å². The van der Waals surface area contributed by atoms with Crippen LogP contribution >= 0.6 is 0 Å². The zero-order chi connectivity index (χ0) is 13.0. The number of methoxy groups -OCH3 is 1. The van der Waals surface area contributed by atoms with Gasteiger partial charge in [0, 0.05) is 17.9 Å². The van der Waals surface area contributed by atoms with Crippen LogP contribution in [0, 0.1) is 5.92 Å². The summed E-state index contributed by atoms with van der Waals surface area (Å²) in [5.74, 6) is -0.490. The second-order valence-corrected chi connectivity index (χ2v) is 5.12. The van der Waals surface area contributed by atoms with Crippen molar-refractivity contribution in [2.75, 3.05) is 7.11 Å². The smallest absolute Gasteiger partial charge is 0.327 e. The highest BCUT2D eigenvalue weighted by Gasteiger charge is 2.63. The van der Waals surface area contributed by atoms with E-state index in [2.05, 4.69) is 0 Å². The maximum atomic E-state index is 11.9. The molecule has 3 atom stereocenters. The maximum absolute atomic E-state index is 11.9. The number of rotatable bonds is 1. The van der Waals surface area contributed by atoms with Crippen LogP contribution < -0.4 is 5.73 Å². The molecule has 17 heavy (non-hydrogen) atoms. The number of allylic oxidation sites excluding steroid dienone is 1. The Hall–Kier alpha value is -1.36.